The van der Waals surface area contributed by atoms with Gasteiger partial charge in [-0.2, -0.15) is 0 Å². The lowest BCUT2D eigenvalue weighted by Gasteiger charge is -2.28. The molecule has 0 radical (unpaired) electrons. The zero-order chi connectivity index (χ0) is 9.42. The first-order valence-corrected chi connectivity index (χ1v) is 4.93. The van der Waals surface area contributed by atoms with E-state index < -0.39 is 12.0 Å². The fourth-order valence-electron chi connectivity index (χ4n) is 1.61. The second kappa shape index (κ2) is 3.08. The predicted octanol–water partition coefficient (Wildman–Crippen LogP) is 0.757. The number of likely N-dealkylation sites (N-methyl/N-ethyl adjacent to an activating group) is 1. The van der Waals surface area contributed by atoms with E-state index in [0.717, 1.165) is 23.5 Å². The number of hydrogen-bond acceptors (Lipinski definition) is 4. The van der Waals surface area contributed by atoms with Crippen molar-refractivity contribution in [1.82, 2.24) is 9.88 Å². The van der Waals surface area contributed by atoms with Crippen molar-refractivity contribution in [3.63, 3.8) is 0 Å². The minimum absolute atomic E-state index is 0.546. The van der Waals surface area contributed by atoms with Crippen LogP contribution < -0.4 is 0 Å². The molecule has 1 aliphatic rings. The zero-order valence-corrected chi connectivity index (χ0v) is 8.04. The smallest absolute Gasteiger partial charge is 0.327 e. The second-order valence-corrected chi connectivity index (χ2v) is 4.07. The fraction of sp³-hybridized carbons (Fsp3) is 0.500. The van der Waals surface area contributed by atoms with Crippen molar-refractivity contribution in [2.75, 3.05) is 13.6 Å². The maximum Gasteiger partial charge on any atom is 0.327 e. The van der Waals surface area contributed by atoms with E-state index >= 15 is 0 Å². The molecule has 2 heterocycles. The van der Waals surface area contributed by atoms with E-state index in [9.17, 15) is 4.79 Å². The van der Waals surface area contributed by atoms with Crippen molar-refractivity contribution in [1.29, 1.82) is 0 Å². The van der Waals surface area contributed by atoms with Gasteiger partial charge in [0.25, 0.3) is 0 Å². The number of thiazole rings is 1. The molecule has 0 aliphatic carbocycles. The van der Waals surface area contributed by atoms with E-state index in [1.54, 1.807) is 16.8 Å². The lowest BCUT2D eigenvalue weighted by molar-refractivity contribution is -0.143. The highest BCUT2D eigenvalue weighted by atomic mass is 32.1. The van der Waals surface area contributed by atoms with Crippen molar-refractivity contribution in [2.24, 2.45) is 0 Å². The fourth-order valence-corrected chi connectivity index (χ4v) is 2.40. The van der Waals surface area contributed by atoms with Gasteiger partial charge in [-0.25, -0.2) is 4.98 Å². The number of aromatic nitrogens is 1. The maximum absolute atomic E-state index is 10.9. The first kappa shape index (κ1) is 8.65. The zero-order valence-electron chi connectivity index (χ0n) is 7.23. The number of fused-ring (bicyclic) bond motifs is 1. The van der Waals surface area contributed by atoms with Crippen LogP contribution in [-0.2, 0) is 11.2 Å². The molecule has 0 aromatic carbocycles. The molecule has 1 aromatic rings. The minimum Gasteiger partial charge on any atom is -0.480 e. The van der Waals surface area contributed by atoms with Crippen molar-refractivity contribution < 1.29 is 9.90 Å². The van der Waals surface area contributed by atoms with Gasteiger partial charge in [0.15, 0.2) is 6.04 Å². The average Bonchev–Trinajstić information content (AvgIpc) is 2.50. The lowest BCUT2D eigenvalue weighted by atomic mass is 10.1. The Morgan fingerprint density at radius 1 is 1.85 bits per heavy atom. The third-order valence-electron chi connectivity index (χ3n) is 2.30. The molecule has 0 amide bonds. The average molecular weight is 198 g/mol. The van der Waals surface area contributed by atoms with Crippen LogP contribution in [0.2, 0.25) is 0 Å². The van der Waals surface area contributed by atoms with Gasteiger partial charge >= 0.3 is 5.97 Å². The first-order valence-electron chi connectivity index (χ1n) is 4.05. The molecular weight excluding hydrogens is 188 g/mol. The van der Waals surface area contributed by atoms with Gasteiger partial charge in [0.2, 0.25) is 0 Å². The summed E-state index contributed by atoms with van der Waals surface area (Å²) in [7, 11) is 1.82. The van der Waals surface area contributed by atoms with Crippen LogP contribution >= 0.6 is 11.3 Å². The molecule has 1 aliphatic heterocycles. The molecule has 1 atom stereocenters. The van der Waals surface area contributed by atoms with Gasteiger partial charge in [-0.1, -0.05) is 0 Å². The van der Waals surface area contributed by atoms with E-state index in [-0.39, 0.29) is 0 Å². The quantitative estimate of drug-likeness (QED) is 0.723. The molecule has 1 N–H and O–H groups in total. The van der Waals surface area contributed by atoms with Crippen LogP contribution in [0.4, 0.5) is 0 Å². The van der Waals surface area contributed by atoms with Crippen molar-refractivity contribution in [3.05, 3.63) is 16.1 Å². The molecule has 2 rings (SSSR count). The number of rotatable bonds is 1. The molecule has 1 aromatic heterocycles. The number of carboxylic acids is 1. The van der Waals surface area contributed by atoms with E-state index in [2.05, 4.69) is 4.98 Å². The molecule has 13 heavy (non-hydrogen) atoms. The maximum atomic E-state index is 10.9. The summed E-state index contributed by atoms with van der Waals surface area (Å²) in [5, 5.41) is 9.00. The number of carboxylic acid groups (broad SMARTS) is 1. The van der Waals surface area contributed by atoms with Crippen molar-refractivity contribution in [2.45, 2.75) is 12.5 Å². The Morgan fingerprint density at radius 3 is 3.31 bits per heavy atom. The molecule has 70 valence electrons. The van der Waals surface area contributed by atoms with Crippen molar-refractivity contribution in [3.8, 4) is 0 Å². The Labute approximate surface area is 79.8 Å². The number of carbonyl (C=O) groups is 1. The third kappa shape index (κ3) is 1.34. The summed E-state index contributed by atoms with van der Waals surface area (Å²) in [5.41, 5.74) is 2.45. The monoisotopic (exact) mass is 198 g/mol. The van der Waals surface area contributed by atoms with E-state index in [4.69, 9.17) is 5.11 Å². The van der Waals surface area contributed by atoms with Crippen LogP contribution in [0, 0.1) is 0 Å². The molecular formula is C8H10N2O2S. The molecule has 0 bridgehead atoms. The Kier molecular flexibility index (Phi) is 2.05. The van der Waals surface area contributed by atoms with Gasteiger partial charge in [0, 0.05) is 11.4 Å². The summed E-state index contributed by atoms with van der Waals surface area (Å²) in [6.07, 6.45) is 0.917. The van der Waals surface area contributed by atoms with E-state index in [0.29, 0.717) is 0 Å². The van der Waals surface area contributed by atoms with E-state index in [1.807, 2.05) is 11.9 Å². The Balaban J connectivity index is 2.41. The summed E-state index contributed by atoms with van der Waals surface area (Å²) in [5.74, 6) is -0.811. The van der Waals surface area contributed by atoms with Crippen molar-refractivity contribution >= 4 is 17.3 Å². The summed E-state index contributed by atoms with van der Waals surface area (Å²) in [6.45, 7) is 0.798. The third-order valence-corrected chi connectivity index (χ3v) is 3.21. The van der Waals surface area contributed by atoms with Gasteiger partial charge in [-0.15, -0.1) is 11.3 Å². The molecule has 0 fully saturated rings. The molecule has 0 spiro atoms. The molecule has 1 unspecified atom stereocenters. The highest BCUT2D eigenvalue weighted by Gasteiger charge is 2.32. The van der Waals surface area contributed by atoms with E-state index in [1.165, 1.54) is 0 Å². The summed E-state index contributed by atoms with van der Waals surface area (Å²) >= 11 is 1.55. The summed E-state index contributed by atoms with van der Waals surface area (Å²) in [6, 6.07) is -0.546. The van der Waals surface area contributed by atoms with Crippen LogP contribution in [0.1, 0.15) is 16.6 Å². The standard InChI is InChI=1S/C8H10N2O2S/c1-10-3-2-5-6(9-4-13-5)7(10)8(11)12/h4,7H,2-3H2,1H3,(H,11,12). The number of hydrogen-bond donors (Lipinski definition) is 1. The van der Waals surface area contributed by atoms with Gasteiger partial charge in [-0.3, -0.25) is 9.69 Å². The highest BCUT2D eigenvalue weighted by molar-refractivity contribution is 7.09. The van der Waals surface area contributed by atoms with Crippen LogP contribution in [0.25, 0.3) is 0 Å². The molecule has 0 saturated heterocycles. The predicted molar refractivity (Wildman–Crippen MR) is 48.8 cm³/mol. The van der Waals surface area contributed by atoms with Gasteiger partial charge < -0.3 is 5.11 Å². The normalized spacial score (nSPS) is 22.7. The minimum atomic E-state index is -0.811. The van der Waals surface area contributed by atoms with Gasteiger partial charge in [0.1, 0.15) is 0 Å². The summed E-state index contributed by atoms with van der Waals surface area (Å²) in [4.78, 5) is 18.0. The Morgan fingerprint density at radius 2 is 2.62 bits per heavy atom. The molecule has 4 nitrogen and oxygen atoms in total. The SMILES string of the molecule is CN1CCc2scnc2C1C(=O)O. The highest BCUT2D eigenvalue weighted by Crippen LogP contribution is 2.29. The molecule has 5 heteroatoms. The van der Waals surface area contributed by atoms with Crippen LogP contribution in [-0.4, -0.2) is 34.6 Å². The molecule has 0 saturated carbocycles. The number of aliphatic carboxylic acids is 1. The summed E-state index contributed by atoms with van der Waals surface area (Å²) < 4.78 is 0. The topological polar surface area (TPSA) is 53.4 Å². The Bertz CT molecular complexity index is 337. The van der Waals surface area contributed by atoms with Crippen LogP contribution in [0.5, 0.6) is 0 Å². The Hall–Kier alpha value is -0.940. The number of nitrogens with zero attached hydrogens (tertiary/aromatic N) is 2. The van der Waals surface area contributed by atoms with Gasteiger partial charge in [-0.05, 0) is 13.5 Å². The first-order chi connectivity index (χ1) is 6.20. The second-order valence-electron chi connectivity index (χ2n) is 3.13. The van der Waals surface area contributed by atoms with Crippen LogP contribution in [0.15, 0.2) is 5.51 Å². The lowest BCUT2D eigenvalue weighted by Crippen LogP contribution is -2.36. The largest absolute Gasteiger partial charge is 0.480 e. The van der Waals surface area contributed by atoms with Crippen LogP contribution in [0.3, 0.4) is 0 Å². The van der Waals surface area contributed by atoms with Gasteiger partial charge in [0.05, 0.1) is 11.2 Å².